The Balaban J connectivity index is 1.80. The molecule has 2 aromatic rings. The fourth-order valence-corrected chi connectivity index (χ4v) is 2.98. The fourth-order valence-electron chi connectivity index (χ4n) is 2.98. The third-order valence-corrected chi connectivity index (χ3v) is 4.21. The topological polar surface area (TPSA) is 51.7 Å². The molecule has 1 aliphatic rings. The molecule has 5 heteroatoms. The van der Waals surface area contributed by atoms with Crippen molar-refractivity contribution >= 4 is 5.91 Å². The summed E-state index contributed by atoms with van der Waals surface area (Å²) in [5.41, 5.74) is 1.73. The molecule has 0 saturated carbocycles. The van der Waals surface area contributed by atoms with Crippen molar-refractivity contribution in [3.05, 3.63) is 53.7 Å². The summed E-state index contributed by atoms with van der Waals surface area (Å²) in [6, 6.07) is 11.5. The predicted molar refractivity (Wildman–Crippen MR) is 86.8 cm³/mol. The van der Waals surface area contributed by atoms with Gasteiger partial charge in [-0.2, -0.15) is 0 Å². The summed E-state index contributed by atoms with van der Waals surface area (Å²) < 4.78 is 10.2. The lowest BCUT2D eigenvalue weighted by molar-refractivity contribution is 0.0735. The number of amides is 1. The van der Waals surface area contributed by atoms with Gasteiger partial charge in [-0.15, -0.1) is 0 Å². The summed E-state index contributed by atoms with van der Waals surface area (Å²) in [4.78, 5) is 18.8. The van der Waals surface area contributed by atoms with Gasteiger partial charge < -0.3 is 14.4 Å². The molecule has 5 nitrogen and oxygen atoms in total. The number of pyridine rings is 1. The van der Waals surface area contributed by atoms with Crippen LogP contribution in [0.3, 0.4) is 0 Å². The number of methoxy groups -OCH3 is 2. The Kier molecular flexibility index (Phi) is 4.46. The molecular formula is C18H20N2O3. The summed E-state index contributed by atoms with van der Waals surface area (Å²) in [6.45, 7) is 0.765. The van der Waals surface area contributed by atoms with Gasteiger partial charge in [-0.05, 0) is 36.6 Å². The summed E-state index contributed by atoms with van der Waals surface area (Å²) in [7, 11) is 3.21. The minimum atomic E-state index is 0.0125. The van der Waals surface area contributed by atoms with Gasteiger partial charge in [0.15, 0.2) is 0 Å². The maximum absolute atomic E-state index is 12.8. The second kappa shape index (κ2) is 6.69. The zero-order valence-corrected chi connectivity index (χ0v) is 13.4. The molecular weight excluding hydrogens is 292 g/mol. The average Bonchev–Trinajstić information content (AvgIpc) is 3.11. The van der Waals surface area contributed by atoms with E-state index in [1.54, 1.807) is 32.5 Å². The number of likely N-dealkylation sites (tertiary alicyclic amines) is 1. The second-order valence-electron chi connectivity index (χ2n) is 5.52. The molecule has 1 aromatic carbocycles. The quantitative estimate of drug-likeness (QED) is 0.870. The first-order valence-electron chi connectivity index (χ1n) is 7.68. The molecule has 0 radical (unpaired) electrons. The van der Waals surface area contributed by atoms with E-state index in [2.05, 4.69) is 4.98 Å². The van der Waals surface area contributed by atoms with Crippen LogP contribution in [-0.4, -0.2) is 36.6 Å². The van der Waals surface area contributed by atoms with Crippen molar-refractivity contribution < 1.29 is 14.3 Å². The molecule has 1 aliphatic heterocycles. The normalized spacial score (nSPS) is 17.1. The average molecular weight is 312 g/mol. The number of hydrogen-bond donors (Lipinski definition) is 0. The van der Waals surface area contributed by atoms with Crippen LogP contribution in [0.1, 0.15) is 34.8 Å². The van der Waals surface area contributed by atoms with Crippen LogP contribution in [-0.2, 0) is 0 Å². The highest BCUT2D eigenvalue weighted by atomic mass is 16.5. The van der Waals surface area contributed by atoms with Gasteiger partial charge in [0, 0.05) is 18.8 Å². The first-order valence-corrected chi connectivity index (χ1v) is 7.68. The smallest absolute Gasteiger partial charge is 0.255 e. The number of carbonyl (C=O) groups excluding carboxylic acids is 1. The van der Waals surface area contributed by atoms with Gasteiger partial charge in [0.05, 0.1) is 25.8 Å². The zero-order valence-electron chi connectivity index (χ0n) is 13.4. The van der Waals surface area contributed by atoms with Crippen LogP contribution in [0.2, 0.25) is 0 Å². The third-order valence-electron chi connectivity index (χ3n) is 4.21. The van der Waals surface area contributed by atoms with Gasteiger partial charge in [-0.1, -0.05) is 12.1 Å². The Morgan fingerprint density at radius 3 is 2.52 bits per heavy atom. The Morgan fingerprint density at radius 1 is 1.13 bits per heavy atom. The molecule has 1 fully saturated rings. The van der Waals surface area contributed by atoms with E-state index in [1.807, 2.05) is 29.2 Å². The van der Waals surface area contributed by atoms with Crippen LogP contribution in [0.15, 0.2) is 42.6 Å². The Hall–Kier alpha value is -2.56. The second-order valence-corrected chi connectivity index (χ2v) is 5.52. The summed E-state index contributed by atoms with van der Waals surface area (Å²) in [6.07, 6.45) is 3.55. The molecule has 1 atom stereocenters. The van der Waals surface area contributed by atoms with Crippen LogP contribution in [0.5, 0.6) is 11.6 Å². The molecule has 23 heavy (non-hydrogen) atoms. The molecule has 0 bridgehead atoms. The minimum absolute atomic E-state index is 0.0125. The first-order chi connectivity index (χ1) is 11.2. The molecule has 1 saturated heterocycles. The Morgan fingerprint density at radius 2 is 1.91 bits per heavy atom. The molecule has 0 aliphatic carbocycles. The highest BCUT2D eigenvalue weighted by Crippen LogP contribution is 2.33. The van der Waals surface area contributed by atoms with E-state index in [0.29, 0.717) is 11.4 Å². The van der Waals surface area contributed by atoms with Gasteiger partial charge in [-0.25, -0.2) is 4.98 Å². The lowest BCUT2D eigenvalue weighted by Crippen LogP contribution is -2.30. The molecule has 2 heterocycles. The first kappa shape index (κ1) is 15.3. The summed E-state index contributed by atoms with van der Waals surface area (Å²) in [5, 5.41) is 0. The zero-order chi connectivity index (χ0) is 16.2. The van der Waals surface area contributed by atoms with E-state index in [9.17, 15) is 4.79 Å². The standard InChI is InChI=1S/C18H20N2O3/c1-22-15-8-5-13(6-9-15)16-4-3-11-20(16)18(21)14-7-10-17(23-2)19-12-14/h5-10,12,16H,3-4,11H2,1-2H3. The molecule has 120 valence electrons. The highest BCUT2D eigenvalue weighted by molar-refractivity contribution is 5.94. The van der Waals surface area contributed by atoms with E-state index in [4.69, 9.17) is 9.47 Å². The van der Waals surface area contributed by atoms with Crippen LogP contribution in [0.25, 0.3) is 0 Å². The fraction of sp³-hybridized carbons (Fsp3) is 0.333. The van der Waals surface area contributed by atoms with Crippen molar-refractivity contribution in [1.29, 1.82) is 0 Å². The van der Waals surface area contributed by atoms with Gasteiger partial charge in [-0.3, -0.25) is 4.79 Å². The largest absolute Gasteiger partial charge is 0.497 e. The maximum atomic E-state index is 12.8. The van der Waals surface area contributed by atoms with Crippen LogP contribution < -0.4 is 9.47 Å². The molecule has 1 unspecified atom stereocenters. The number of aromatic nitrogens is 1. The van der Waals surface area contributed by atoms with Crippen molar-refractivity contribution in [3.8, 4) is 11.6 Å². The maximum Gasteiger partial charge on any atom is 0.255 e. The van der Waals surface area contributed by atoms with Gasteiger partial charge in [0.2, 0.25) is 5.88 Å². The van der Waals surface area contributed by atoms with Crippen LogP contribution in [0.4, 0.5) is 0 Å². The van der Waals surface area contributed by atoms with Crippen LogP contribution in [0, 0.1) is 0 Å². The van der Waals surface area contributed by atoms with Gasteiger partial charge in [0.1, 0.15) is 5.75 Å². The van der Waals surface area contributed by atoms with E-state index in [1.165, 1.54) is 0 Å². The monoisotopic (exact) mass is 312 g/mol. The van der Waals surface area contributed by atoms with Crippen molar-refractivity contribution in [2.24, 2.45) is 0 Å². The molecule has 3 rings (SSSR count). The highest BCUT2D eigenvalue weighted by Gasteiger charge is 2.30. The summed E-state index contributed by atoms with van der Waals surface area (Å²) >= 11 is 0. The van der Waals surface area contributed by atoms with Crippen molar-refractivity contribution in [1.82, 2.24) is 9.88 Å². The van der Waals surface area contributed by atoms with E-state index in [0.717, 1.165) is 30.7 Å². The van der Waals surface area contributed by atoms with Crippen molar-refractivity contribution in [2.75, 3.05) is 20.8 Å². The molecule has 1 amide bonds. The van der Waals surface area contributed by atoms with Crippen molar-refractivity contribution in [3.63, 3.8) is 0 Å². The number of rotatable bonds is 4. The molecule has 0 N–H and O–H groups in total. The van der Waals surface area contributed by atoms with Crippen molar-refractivity contribution in [2.45, 2.75) is 18.9 Å². The van der Waals surface area contributed by atoms with Crippen LogP contribution >= 0.6 is 0 Å². The van der Waals surface area contributed by atoms with E-state index >= 15 is 0 Å². The third kappa shape index (κ3) is 3.13. The predicted octanol–water partition coefficient (Wildman–Crippen LogP) is 3.08. The Bertz CT molecular complexity index is 668. The lowest BCUT2D eigenvalue weighted by Gasteiger charge is -2.25. The number of carbonyl (C=O) groups is 1. The molecule has 1 aromatic heterocycles. The lowest BCUT2D eigenvalue weighted by atomic mass is 10.0. The van der Waals surface area contributed by atoms with Gasteiger partial charge in [0.25, 0.3) is 5.91 Å². The number of ether oxygens (including phenoxy) is 2. The Labute approximate surface area is 135 Å². The summed E-state index contributed by atoms with van der Waals surface area (Å²) in [5.74, 6) is 1.34. The molecule has 0 spiro atoms. The van der Waals surface area contributed by atoms with E-state index < -0.39 is 0 Å². The van der Waals surface area contributed by atoms with E-state index in [-0.39, 0.29) is 11.9 Å². The SMILES string of the molecule is COc1ccc(C2CCCN2C(=O)c2ccc(OC)nc2)cc1. The van der Waals surface area contributed by atoms with Gasteiger partial charge >= 0.3 is 0 Å². The number of benzene rings is 1. The number of hydrogen-bond acceptors (Lipinski definition) is 4. The minimum Gasteiger partial charge on any atom is -0.497 e. The number of nitrogens with zero attached hydrogens (tertiary/aromatic N) is 2.